The minimum atomic E-state index is -0.139. The van der Waals surface area contributed by atoms with Gasteiger partial charge in [0, 0.05) is 13.0 Å². The van der Waals surface area contributed by atoms with Crippen LogP contribution >= 0.6 is 0 Å². The summed E-state index contributed by atoms with van der Waals surface area (Å²) in [5.74, 6) is -0.102. The van der Waals surface area contributed by atoms with Crippen LogP contribution in [0.2, 0.25) is 0 Å². The molecule has 1 saturated heterocycles. The van der Waals surface area contributed by atoms with Crippen molar-refractivity contribution in [2.45, 2.75) is 60.8 Å². The molecular weight excluding hydrogens is 226 g/mol. The smallest absolute Gasteiger partial charge is 0.233 e. The largest absolute Gasteiger partial charge is 0.282 e. The van der Waals surface area contributed by atoms with Crippen molar-refractivity contribution in [1.29, 1.82) is 0 Å². The summed E-state index contributed by atoms with van der Waals surface area (Å²) in [4.78, 5) is 25.6. The lowest BCUT2D eigenvalue weighted by Gasteiger charge is -2.25. The van der Waals surface area contributed by atoms with E-state index < -0.39 is 0 Å². The normalized spacial score (nSPS) is 21.9. The van der Waals surface area contributed by atoms with E-state index >= 15 is 0 Å². The first-order valence-corrected chi connectivity index (χ1v) is 6.86. The third-order valence-electron chi connectivity index (χ3n) is 3.60. The number of amides is 2. The van der Waals surface area contributed by atoms with Gasteiger partial charge >= 0.3 is 0 Å². The molecule has 0 aromatic carbocycles. The van der Waals surface area contributed by atoms with Gasteiger partial charge in [-0.05, 0) is 23.7 Å². The molecule has 1 rings (SSSR count). The van der Waals surface area contributed by atoms with E-state index in [4.69, 9.17) is 0 Å². The second-order valence-corrected chi connectivity index (χ2v) is 7.67. The lowest BCUT2D eigenvalue weighted by atomic mass is 9.80. The summed E-state index contributed by atoms with van der Waals surface area (Å²) >= 11 is 0. The summed E-state index contributed by atoms with van der Waals surface area (Å²) in [7, 11) is 0. The predicted molar refractivity (Wildman–Crippen MR) is 73.0 cm³/mol. The van der Waals surface area contributed by atoms with Crippen molar-refractivity contribution in [3.63, 3.8) is 0 Å². The topological polar surface area (TPSA) is 37.4 Å². The van der Waals surface area contributed by atoms with Crippen molar-refractivity contribution in [3.05, 3.63) is 0 Å². The zero-order valence-corrected chi connectivity index (χ0v) is 12.7. The third kappa shape index (κ3) is 3.82. The van der Waals surface area contributed by atoms with E-state index in [2.05, 4.69) is 20.8 Å². The van der Waals surface area contributed by atoms with Crippen molar-refractivity contribution in [3.8, 4) is 0 Å². The summed E-state index contributed by atoms with van der Waals surface area (Å²) in [6, 6.07) is 0. The van der Waals surface area contributed by atoms with Crippen LogP contribution < -0.4 is 0 Å². The number of hydrogen-bond acceptors (Lipinski definition) is 2. The van der Waals surface area contributed by atoms with Gasteiger partial charge in [-0.2, -0.15) is 0 Å². The highest BCUT2D eigenvalue weighted by molar-refractivity contribution is 6.03. The number of hydrogen-bond donors (Lipinski definition) is 0. The Morgan fingerprint density at radius 2 is 1.67 bits per heavy atom. The van der Waals surface area contributed by atoms with Crippen LogP contribution in [0.25, 0.3) is 0 Å². The predicted octanol–water partition coefficient (Wildman–Crippen LogP) is 3.23. The summed E-state index contributed by atoms with van der Waals surface area (Å²) < 4.78 is 0. The average molecular weight is 253 g/mol. The number of carbonyl (C=O) groups excluding carboxylic acids is 2. The minimum Gasteiger partial charge on any atom is -0.282 e. The molecule has 2 amide bonds. The Bertz CT molecular complexity index is 333. The fourth-order valence-corrected chi connectivity index (χ4v) is 2.36. The molecule has 1 heterocycles. The van der Waals surface area contributed by atoms with Crippen LogP contribution in [0.15, 0.2) is 0 Å². The lowest BCUT2D eigenvalue weighted by molar-refractivity contribution is -0.140. The van der Waals surface area contributed by atoms with E-state index in [1.807, 2.05) is 20.8 Å². The van der Waals surface area contributed by atoms with Crippen molar-refractivity contribution in [2.75, 3.05) is 6.54 Å². The quantitative estimate of drug-likeness (QED) is 0.724. The summed E-state index contributed by atoms with van der Waals surface area (Å²) in [5.41, 5.74) is 0.140. The second-order valence-electron chi connectivity index (χ2n) is 7.67. The number of carbonyl (C=O) groups is 2. The molecule has 1 atom stereocenters. The van der Waals surface area contributed by atoms with Crippen LogP contribution in [-0.4, -0.2) is 23.3 Å². The molecule has 3 heteroatoms. The molecule has 0 radical (unpaired) electrons. The SMILES string of the molecule is CC(C)(C)CCCN1C(=O)CC(C(C)(C)C)C1=O. The van der Waals surface area contributed by atoms with Gasteiger partial charge in [-0.25, -0.2) is 0 Å². The van der Waals surface area contributed by atoms with E-state index in [1.165, 1.54) is 4.90 Å². The Morgan fingerprint density at radius 3 is 2.06 bits per heavy atom. The van der Waals surface area contributed by atoms with Gasteiger partial charge < -0.3 is 0 Å². The molecule has 3 nitrogen and oxygen atoms in total. The van der Waals surface area contributed by atoms with E-state index in [1.54, 1.807) is 0 Å². The van der Waals surface area contributed by atoms with E-state index in [-0.39, 0.29) is 28.6 Å². The molecule has 0 aliphatic carbocycles. The fourth-order valence-electron chi connectivity index (χ4n) is 2.36. The number of likely N-dealkylation sites (tertiary alicyclic amines) is 1. The zero-order valence-electron chi connectivity index (χ0n) is 12.7. The van der Waals surface area contributed by atoms with Gasteiger partial charge in [0.15, 0.2) is 0 Å². The Hall–Kier alpha value is -0.860. The molecule has 1 fully saturated rings. The first-order chi connectivity index (χ1) is 8.02. The molecular formula is C15H27NO2. The number of imide groups is 1. The summed E-state index contributed by atoms with van der Waals surface area (Å²) in [5, 5.41) is 0. The molecule has 0 spiro atoms. The number of nitrogens with zero attached hydrogens (tertiary/aromatic N) is 1. The zero-order chi connectivity index (χ0) is 14.1. The fraction of sp³-hybridized carbons (Fsp3) is 0.867. The molecule has 0 N–H and O–H groups in total. The highest BCUT2D eigenvalue weighted by Crippen LogP contribution is 2.35. The maximum absolute atomic E-state index is 12.2. The van der Waals surface area contributed by atoms with Crippen LogP contribution in [0.1, 0.15) is 60.8 Å². The first-order valence-electron chi connectivity index (χ1n) is 6.86. The van der Waals surface area contributed by atoms with Crippen LogP contribution in [0.5, 0.6) is 0 Å². The Morgan fingerprint density at radius 1 is 1.11 bits per heavy atom. The molecule has 0 bridgehead atoms. The van der Waals surface area contributed by atoms with Gasteiger partial charge in [0.25, 0.3) is 0 Å². The third-order valence-corrected chi connectivity index (χ3v) is 3.60. The van der Waals surface area contributed by atoms with Gasteiger partial charge in [0.1, 0.15) is 0 Å². The molecule has 0 saturated carbocycles. The lowest BCUT2D eigenvalue weighted by Crippen LogP contribution is -2.35. The van der Waals surface area contributed by atoms with Crippen molar-refractivity contribution in [2.24, 2.45) is 16.7 Å². The second kappa shape index (κ2) is 5.02. The van der Waals surface area contributed by atoms with Gasteiger partial charge in [0.05, 0.1) is 5.92 Å². The van der Waals surface area contributed by atoms with Crippen LogP contribution in [0, 0.1) is 16.7 Å². The van der Waals surface area contributed by atoms with Crippen molar-refractivity contribution in [1.82, 2.24) is 4.90 Å². The van der Waals surface area contributed by atoms with Crippen molar-refractivity contribution >= 4 is 11.8 Å². The Kier molecular flexibility index (Phi) is 4.24. The highest BCUT2D eigenvalue weighted by Gasteiger charge is 2.44. The van der Waals surface area contributed by atoms with E-state index in [0.717, 1.165) is 12.8 Å². The molecule has 104 valence electrons. The standard InChI is InChI=1S/C15H27NO2/c1-14(2,3)8-7-9-16-12(17)10-11(13(16)18)15(4,5)6/h11H,7-10H2,1-6H3. The van der Waals surface area contributed by atoms with E-state index in [9.17, 15) is 9.59 Å². The van der Waals surface area contributed by atoms with Crippen LogP contribution in [0.3, 0.4) is 0 Å². The number of rotatable bonds is 3. The average Bonchev–Trinajstić information content (AvgIpc) is 2.42. The molecule has 1 unspecified atom stereocenters. The molecule has 1 aliphatic rings. The maximum atomic E-state index is 12.2. The van der Waals surface area contributed by atoms with E-state index in [0.29, 0.717) is 13.0 Å². The minimum absolute atomic E-state index is 0.00818. The Balaban J connectivity index is 2.58. The monoisotopic (exact) mass is 253 g/mol. The first kappa shape index (κ1) is 15.2. The summed E-state index contributed by atoms with van der Waals surface area (Å²) in [6.45, 7) is 13.2. The van der Waals surface area contributed by atoms with Crippen LogP contribution in [0.4, 0.5) is 0 Å². The molecule has 0 aromatic rings. The van der Waals surface area contributed by atoms with Crippen molar-refractivity contribution < 1.29 is 9.59 Å². The van der Waals surface area contributed by atoms with Gasteiger partial charge in [-0.15, -0.1) is 0 Å². The van der Waals surface area contributed by atoms with Crippen LogP contribution in [-0.2, 0) is 9.59 Å². The molecule has 18 heavy (non-hydrogen) atoms. The summed E-state index contributed by atoms with van der Waals surface area (Å²) in [6.07, 6.45) is 2.32. The maximum Gasteiger partial charge on any atom is 0.233 e. The highest BCUT2D eigenvalue weighted by atomic mass is 16.2. The van der Waals surface area contributed by atoms with Gasteiger partial charge in [-0.3, -0.25) is 14.5 Å². The molecule has 0 aromatic heterocycles. The molecule has 1 aliphatic heterocycles. The van der Waals surface area contributed by atoms with Gasteiger partial charge in [-0.1, -0.05) is 41.5 Å². The van der Waals surface area contributed by atoms with Gasteiger partial charge in [0.2, 0.25) is 11.8 Å². The Labute approximate surface area is 111 Å².